The number of nitrogens with one attached hydrogen (secondary N) is 1. The molecule has 1 fully saturated rings. The third kappa shape index (κ3) is 3.60. The van der Waals surface area contributed by atoms with Crippen molar-refractivity contribution in [1.82, 2.24) is 13.9 Å². The van der Waals surface area contributed by atoms with Gasteiger partial charge in [0.2, 0.25) is 5.91 Å². The van der Waals surface area contributed by atoms with Crippen molar-refractivity contribution in [2.45, 2.75) is 19.3 Å². The SMILES string of the molecule is CNC(=O)C1CCN(S(=O)(=O)N(C)C)CC1c1ccc(F)cc1C. The number of nitrogens with zero attached hydrogens (tertiary/aromatic N) is 2. The summed E-state index contributed by atoms with van der Waals surface area (Å²) in [6, 6.07) is 4.41. The second kappa shape index (κ2) is 7.16. The zero-order chi connectivity index (χ0) is 18.1. The van der Waals surface area contributed by atoms with Gasteiger partial charge in [-0.2, -0.15) is 17.0 Å². The van der Waals surface area contributed by atoms with Gasteiger partial charge in [-0.25, -0.2) is 4.39 Å². The average molecular weight is 357 g/mol. The topological polar surface area (TPSA) is 69.7 Å². The largest absolute Gasteiger partial charge is 0.359 e. The van der Waals surface area contributed by atoms with E-state index < -0.39 is 10.2 Å². The smallest absolute Gasteiger partial charge is 0.281 e. The number of carbonyl (C=O) groups excluding carboxylic acids is 1. The lowest BCUT2D eigenvalue weighted by Crippen LogP contribution is -2.50. The fourth-order valence-electron chi connectivity index (χ4n) is 3.23. The molecule has 1 aliphatic rings. The van der Waals surface area contributed by atoms with Crippen molar-refractivity contribution in [2.24, 2.45) is 5.92 Å². The summed E-state index contributed by atoms with van der Waals surface area (Å²) in [5, 5.41) is 2.65. The van der Waals surface area contributed by atoms with Gasteiger partial charge in [0, 0.05) is 46.1 Å². The fourth-order valence-corrected chi connectivity index (χ4v) is 4.38. The maximum Gasteiger partial charge on any atom is 0.281 e. The summed E-state index contributed by atoms with van der Waals surface area (Å²) >= 11 is 0. The van der Waals surface area contributed by atoms with Crippen LogP contribution in [0.2, 0.25) is 0 Å². The van der Waals surface area contributed by atoms with Gasteiger partial charge in [0.05, 0.1) is 0 Å². The second-order valence-electron chi connectivity index (χ2n) is 6.27. The first-order chi connectivity index (χ1) is 11.2. The molecule has 0 bridgehead atoms. The second-order valence-corrected chi connectivity index (χ2v) is 8.41. The predicted octanol–water partition coefficient (Wildman–Crippen LogP) is 1.09. The monoisotopic (exact) mass is 357 g/mol. The van der Waals surface area contributed by atoms with Crippen LogP contribution in [-0.4, -0.2) is 57.2 Å². The van der Waals surface area contributed by atoms with Crippen molar-refractivity contribution in [3.8, 4) is 0 Å². The van der Waals surface area contributed by atoms with Gasteiger partial charge in [-0.1, -0.05) is 6.07 Å². The van der Waals surface area contributed by atoms with Crippen LogP contribution in [0, 0.1) is 18.7 Å². The Labute approximate surface area is 142 Å². The number of hydrogen-bond acceptors (Lipinski definition) is 3. The Kier molecular flexibility index (Phi) is 5.62. The molecule has 134 valence electrons. The molecule has 1 saturated heterocycles. The van der Waals surface area contributed by atoms with Crippen LogP contribution in [0.4, 0.5) is 4.39 Å². The van der Waals surface area contributed by atoms with Gasteiger partial charge in [0.1, 0.15) is 5.82 Å². The Morgan fingerprint density at radius 1 is 1.38 bits per heavy atom. The lowest BCUT2D eigenvalue weighted by molar-refractivity contribution is -0.126. The van der Waals surface area contributed by atoms with E-state index in [1.54, 1.807) is 20.0 Å². The molecule has 2 rings (SSSR count). The Hall–Kier alpha value is -1.51. The quantitative estimate of drug-likeness (QED) is 0.877. The first-order valence-corrected chi connectivity index (χ1v) is 9.23. The minimum Gasteiger partial charge on any atom is -0.359 e. The molecule has 1 aromatic rings. The third-order valence-corrected chi connectivity index (χ3v) is 6.48. The normalized spacial score (nSPS) is 22.6. The van der Waals surface area contributed by atoms with Crippen LogP contribution in [0.5, 0.6) is 0 Å². The van der Waals surface area contributed by atoms with Crippen LogP contribution in [0.1, 0.15) is 23.5 Å². The maximum atomic E-state index is 13.4. The van der Waals surface area contributed by atoms with E-state index in [0.29, 0.717) is 6.42 Å². The maximum absolute atomic E-state index is 13.4. The van der Waals surface area contributed by atoms with E-state index in [9.17, 15) is 17.6 Å². The molecule has 0 aliphatic carbocycles. The van der Waals surface area contributed by atoms with Gasteiger partial charge >= 0.3 is 0 Å². The van der Waals surface area contributed by atoms with E-state index in [-0.39, 0.29) is 36.6 Å². The molecule has 0 saturated carbocycles. The van der Waals surface area contributed by atoms with Crippen LogP contribution in [0.25, 0.3) is 0 Å². The molecular weight excluding hydrogens is 333 g/mol. The van der Waals surface area contributed by atoms with Gasteiger partial charge in [-0.3, -0.25) is 4.79 Å². The van der Waals surface area contributed by atoms with E-state index in [2.05, 4.69) is 5.32 Å². The molecule has 24 heavy (non-hydrogen) atoms. The molecule has 1 heterocycles. The van der Waals surface area contributed by atoms with E-state index in [4.69, 9.17) is 0 Å². The van der Waals surface area contributed by atoms with Gasteiger partial charge in [-0.15, -0.1) is 0 Å². The molecule has 2 unspecified atom stereocenters. The molecule has 0 aromatic heterocycles. The Morgan fingerprint density at radius 3 is 2.58 bits per heavy atom. The summed E-state index contributed by atoms with van der Waals surface area (Å²) in [6.45, 7) is 2.26. The highest BCUT2D eigenvalue weighted by Crippen LogP contribution is 2.35. The number of hydrogen-bond donors (Lipinski definition) is 1. The van der Waals surface area contributed by atoms with Crippen molar-refractivity contribution in [3.63, 3.8) is 0 Å². The van der Waals surface area contributed by atoms with E-state index in [1.807, 2.05) is 0 Å². The number of halogens is 1. The number of carbonyl (C=O) groups is 1. The van der Waals surface area contributed by atoms with E-state index >= 15 is 0 Å². The summed E-state index contributed by atoms with van der Waals surface area (Å²) in [4.78, 5) is 12.3. The number of benzene rings is 1. The molecule has 1 amide bonds. The zero-order valence-electron chi connectivity index (χ0n) is 14.4. The number of amides is 1. The molecular formula is C16H24FN3O3S. The average Bonchev–Trinajstić information content (AvgIpc) is 2.53. The van der Waals surface area contributed by atoms with Crippen molar-refractivity contribution >= 4 is 16.1 Å². The van der Waals surface area contributed by atoms with Crippen molar-refractivity contribution in [1.29, 1.82) is 0 Å². The summed E-state index contributed by atoms with van der Waals surface area (Å²) in [6.07, 6.45) is 0.425. The highest BCUT2D eigenvalue weighted by Gasteiger charge is 2.39. The van der Waals surface area contributed by atoms with Gasteiger partial charge in [0.15, 0.2) is 0 Å². The van der Waals surface area contributed by atoms with Gasteiger partial charge in [0.25, 0.3) is 10.2 Å². The van der Waals surface area contributed by atoms with Crippen LogP contribution >= 0.6 is 0 Å². The van der Waals surface area contributed by atoms with Crippen molar-refractivity contribution in [2.75, 3.05) is 34.2 Å². The van der Waals surface area contributed by atoms with Crippen molar-refractivity contribution in [3.05, 3.63) is 35.1 Å². The molecule has 8 heteroatoms. The lowest BCUT2D eigenvalue weighted by atomic mass is 9.79. The summed E-state index contributed by atoms with van der Waals surface area (Å²) in [5.41, 5.74) is 1.53. The molecule has 1 N–H and O–H groups in total. The van der Waals surface area contributed by atoms with E-state index in [1.165, 1.54) is 34.8 Å². The van der Waals surface area contributed by atoms with Crippen LogP contribution < -0.4 is 5.32 Å². The Balaban J connectivity index is 2.41. The van der Waals surface area contributed by atoms with Crippen LogP contribution in [-0.2, 0) is 15.0 Å². The van der Waals surface area contributed by atoms with Crippen LogP contribution in [0.15, 0.2) is 18.2 Å². The minimum absolute atomic E-state index is 0.120. The highest BCUT2D eigenvalue weighted by molar-refractivity contribution is 7.86. The standard InChI is InChI=1S/C16H24FN3O3S/c1-11-9-12(17)5-6-13(11)15-10-20(24(22,23)19(3)4)8-7-14(15)16(21)18-2/h5-6,9,14-15H,7-8,10H2,1-4H3,(H,18,21). The third-order valence-electron chi connectivity index (χ3n) is 4.58. The Bertz CT molecular complexity index is 721. The number of piperidine rings is 1. The zero-order valence-corrected chi connectivity index (χ0v) is 15.2. The van der Waals surface area contributed by atoms with Gasteiger partial charge < -0.3 is 5.32 Å². The highest BCUT2D eigenvalue weighted by atomic mass is 32.2. The molecule has 2 atom stereocenters. The predicted molar refractivity (Wildman–Crippen MR) is 90.2 cm³/mol. The first-order valence-electron chi connectivity index (χ1n) is 7.83. The summed E-state index contributed by atoms with van der Waals surface area (Å²) in [5.74, 6) is -1.12. The molecule has 0 radical (unpaired) electrons. The van der Waals surface area contributed by atoms with Gasteiger partial charge in [-0.05, 0) is 36.6 Å². The first kappa shape index (κ1) is 18.8. The molecule has 1 aliphatic heterocycles. The fraction of sp³-hybridized carbons (Fsp3) is 0.562. The Morgan fingerprint density at radius 2 is 2.04 bits per heavy atom. The van der Waals surface area contributed by atoms with Crippen molar-refractivity contribution < 1.29 is 17.6 Å². The lowest BCUT2D eigenvalue weighted by Gasteiger charge is -2.38. The molecule has 0 spiro atoms. The number of rotatable bonds is 4. The minimum atomic E-state index is -3.56. The molecule has 6 nitrogen and oxygen atoms in total. The van der Waals surface area contributed by atoms with Crippen LogP contribution in [0.3, 0.4) is 0 Å². The van der Waals surface area contributed by atoms with E-state index in [0.717, 1.165) is 11.1 Å². The molecule has 1 aromatic carbocycles. The summed E-state index contributed by atoms with van der Waals surface area (Å²) < 4.78 is 40.9. The summed E-state index contributed by atoms with van der Waals surface area (Å²) in [7, 11) is 0.981. The number of aryl methyl sites for hydroxylation is 1.